The lowest BCUT2D eigenvalue weighted by molar-refractivity contribution is -0.141. The van der Waals surface area contributed by atoms with Gasteiger partial charge in [-0.2, -0.15) is 13.2 Å². The molecule has 0 atom stereocenters. The molecule has 0 aliphatic carbocycles. The molecule has 1 aromatic heterocycles. The number of carbonyl (C=O) groups is 2. The van der Waals surface area contributed by atoms with Gasteiger partial charge in [0.05, 0.1) is 18.6 Å². The molecule has 10 heteroatoms. The van der Waals surface area contributed by atoms with E-state index < -0.39 is 11.7 Å². The molecular formula is C25H29F3N4O3. The number of benzene rings is 1. The third kappa shape index (κ3) is 6.43. The SMILES string of the molecule is O=C(CCOc1ccccc1)N1CCC(C(=O)N2CCN(c3ccc(C(F)(F)F)cn3)CC2)CC1. The first-order valence-corrected chi connectivity index (χ1v) is 11.8. The van der Waals surface area contributed by atoms with Gasteiger partial charge in [-0.15, -0.1) is 0 Å². The van der Waals surface area contributed by atoms with E-state index in [4.69, 9.17) is 4.74 Å². The van der Waals surface area contributed by atoms with Crippen molar-refractivity contribution in [2.24, 2.45) is 5.92 Å². The lowest BCUT2D eigenvalue weighted by atomic mass is 9.94. The zero-order chi connectivity index (χ0) is 24.8. The fraction of sp³-hybridized carbons (Fsp3) is 0.480. The number of halogens is 3. The van der Waals surface area contributed by atoms with E-state index in [1.165, 1.54) is 6.07 Å². The highest BCUT2D eigenvalue weighted by molar-refractivity contribution is 5.80. The first-order chi connectivity index (χ1) is 16.8. The normalized spacial score (nSPS) is 17.4. The van der Waals surface area contributed by atoms with Crippen molar-refractivity contribution in [1.82, 2.24) is 14.8 Å². The second-order valence-electron chi connectivity index (χ2n) is 8.78. The zero-order valence-corrected chi connectivity index (χ0v) is 19.4. The Morgan fingerprint density at radius 1 is 0.914 bits per heavy atom. The Morgan fingerprint density at radius 2 is 1.60 bits per heavy atom. The Labute approximate surface area is 202 Å². The van der Waals surface area contributed by atoms with Gasteiger partial charge >= 0.3 is 6.18 Å². The number of alkyl halides is 3. The maximum absolute atomic E-state index is 13.0. The molecule has 0 unspecified atom stereocenters. The van der Waals surface area contributed by atoms with Crippen LogP contribution in [0.4, 0.5) is 19.0 Å². The van der Waals surface area contributed by atoms with E-state index >= 15 is 0 Å². The molecule has 2 aliphatic heterocycles. The molecule has 2 amide bonds. The van der Waals surface area contributed by atoms with Gasteiger partial charge in [0.1, 0.15) is 11.6 Å². The summed E-state index contributed by atoms with van der Waals surface area (Å²) in [6, 6.07) is 11.8. The van der Waals surface area contributed by atoms with Crippen LogP contribution in [0, 0.1) is 5.92 Å². The van der Waals surface area contributed by atoms with Gasteiger partial charge in [-0.25, -0.2) is 4.98 Å². The largest absolute Gasteiger partial charge is 0.493 e. The van der Waals surface area contributed by atoms with Gasteiger partial charge in [-0.3, -0.25) is 9.59 Å². The number of aromatic nitrogens is 1. The van der Waals surface area contributed by atoms with Crippen LogP contribution in [0.2, 0.25) is 0 Å². The van der Waals surface area contributed by atoms with Crippen molar-refractivity contribution in [2.75, 3.05) is 50.8 Å². The van der Waals surface area contributed by atoms with Crippen LogP contribution >= 0.6 is 0 Å². The third-order valence-corrected chi connectivity index (χ3v) is 6.52. The fourth-order valence-corrected chi connectivity index (χ4v) is 4.46. The lowest BCUT2D eigenvalue weighted by Gasteiger charge is -2.39. The number of anilines is 1. The van der Waals surface area contributed by atoms with Crippen LogP contribution in [0.15, 0.2) is 48.7 Å². The van der Waals surface area contributed by atoms with Crippen molar-refractivity contribution in [3.05, 3.63) is 54.2 Å². The fourth-order valence-electron chi connectivity index (χ4n) is 4.46. The van der Waals surface area contributed by atoms with Crippen LogP contribution in [0.5, 0.6) is 5.75 Å². The molecule has 0 bridgehead atoms. The summed E-state index contributed by atoms with van der Waals surface area (Å²) in [5.74, 6) is 1.22. The van der Waals surface area contributed by atoms with Gasteiger partial charge in [0.2, 0.25) is 11.8 Å². The average Bonchev–Trinajstić information content (AvgIpc) is 2.88. The van der Waals surface area contributed by atoms with E-state index in [2.05, 4.69) is 4.98 Å². The summed E-state index contributed by atoms with van der Waals surface area (Å²) < 4.78 is 43.8. The third-order valence-electron chi connectivity index (χ3n) is 6.52. The highest BCUT2D eigenvalue weighted by Crippen LogP contribution is 2.29. The Hall–Kier alpha value is -3.30. The molecule has 2 aromatic rings. The minimum Gasteiger partial charge on any atom is -0.493 e. The van der Waals surface area contributed by atoms with Crippen LogP contribution in [0.1, 0.15) is 24.8 Å². The van der Waals surface area contributed by atoms with Gasteiger partial charge in [-0.05, 0) is 37.1 Å². The van der Waals surface area contributed by atoms with Crippen LogP contribution in [0.25, 0.3) is 0 Å². The second kappa shape index (κ2) is 11.0. The predicted octanol–water partition coefficient (Wildman–Crippen LogP) is 3.46. The van der Waals surface area contributed by atoms with Gasteiger partial charge in [0.15, 0.2) is 0 Å². The van der Waals surface area contributed by atoms with Crippen molar-refractivity contribution in [2.45, 2.75) is 25.4 Å². The zero-order valence-electron chi connectivity index (χ0n) is 19.4. The summed E-state index contributed by atoms with van der Waals surface area (Å²) in [5.41, 5.74) is -0.774. The first-order valence-electron chi connectivity index (χ1n) is 11.8. The van der Waals surface area contributed by atoms with Crippen LogP contribution in [0.3, 0.4) is 0 Å². The van der Waals surface area contributed by atoms with Crippen LogP contribution in [-0.4, -0.2) is 72.5 Å². The smallest absolute Gasteiger partial charge is 0.417 e. The molecule has 2 fully saturated rings. The summed E-state index contributed by atoms with van der Waals surface area (Å²) >= 11 is 0. The van der Waals surface area contributed by atoms with Crippen LogP contribution < -0.4 is 9.64 Å². The Bertz CT molecular complexity index is 985. The van der Waals surface area contributed by atoms with E-state index in [1.807, 2.05) is 40.1 Å². The second-order valence-corrected chi connectivity index (χ2v) is 8.78. The van der Waals surface area contributed by atoms with Gasteiger partial charge < -0.3 is 19.4 Å². The molecule has 1 aromatic carbocycles. The molecule has 2 aliphatic rings. The Morgan fingerprint density at radius 3 is 2.20 bits per heavy atom. The summed E-state index contributed by atoms with van der Waals surface area (Å²) in [6.45, 7) is 3.45. The van der Waals surface area contributed by atoms with Gasteiger partial charge in [0.25, 0.3) is 0 Å². The molecule has 188 valence electrons. The number of hydrogen-bond donors (Lipinski definition) is 0. The van der Waals surface area contributed by atoms with Gasteiger partial charge in [0, 0.05) is 51.4 Å². The summed E-state index contributed by atoms with van der Waals surface area (Å²) in [7, 11) is 0. The van der Waals surface area contributed by atoms with E-state index in [-0.39, 0.29) is 17.7 Å². The van der Waals surface area contributed by atoms with E-state index in [0.717, 1.165) is 18.0 Å². The number of likely N-dealkylation sites (tertiary alicyclic amines) is 1. The summed E-state index contributed by atoms with van der Waals surface area (Å²) in [5, 5.41) is 0. The number of piperidine rings is 1. The number of rotatable bonds is 6. The maximum Gasteiger partial charge on any atom is 0.417 e. The van der Waals surface area contributed by atoms with Crippen molar-refractivity contribution in [1.29, 1.82) is 0 Å². The number of ether oxygens (including phenoxy) is 1. The number of para-hydroxylation sites is 1. The first kappa shape index (κ1) is 24.8. The molecule has 0 radical (unpaired) electrons. The van der Waals surface area contributed by atoms with E-state index in [1.54, 1.807) is 4.90 Å². The molecule has 7 nitrogen and oxygen atoms in total. The average molecular weight is 491 g/mol. The molecule has 4 rings (SSSR count). The minimum absolute atomic E-state index is 0.0319. The molecule has 2 saturated heterocycles. The number of hydrogen-bond acceptors (Lipinski definition) is 5. The topological polar surface area (TPSA) is 66.0 Å². The van der Waals surface area contributed by atoms with E-state index in [0.29, 0.717) is 71.0 Å². The Kier molecular flexibility index (Phi) is 7.77. The summed E-state index contributed by atoms with van der Waals surface area (Å²) in [6.07, 6.45) is -2.01. The summed E-state index contributed by atoms with van der Waals surface area (Å²) in [4.78, 5) is 34.9. The lowest BCUT2D eigenvalue weighted by Crippen LogP contribution is -2.52. The molecule has 0 saturated carbocycles. The van der Waals surface area contributed by atoms with E-state index in [9.17, 15) is 22.8 Å². The van der Waals surface area contributed by atoms with Crippen LogP contribution in [-0.2, 0) is 15.8 Å². The van der Waals surface area contributed by atoms with Gasteiger partial charge in [-0.1, -0.05) is 18.2 Å². The number of carbonyl (C=O) groups excluding carboxylic acids is 2. The highest BCUT2D eigenvalue weighted by atomic mass is 19.4. The van der Waals surface area contributed by atoms with Crippen molar-refractivity contribution >= 4 is 17.6 Å². The molecule has 0 spiro atoms. The Balaban J connectivity index is 1.18. The molecule has 3 heterocycles. The monoisotopic (exact) mass is 490 g/mol. The molecular weight excluding hydrogens is 461 g/mol. The molecule has 35 heavy (non-hydrogen) atoms. The number of pyridine rings is 1. The van der Waals surface area contributed by atoms with Crippen molar-refractivity contribution < 1.29 is 27.5 Å². The highest BCUT2D eigenvalue weighted by Gasteiger charge is 2.33. The van der Waals surface area contributed by atoms with Crippen molar-refractivity contribution in [3.8, 4) is 5.75 Å². The predicted molar refractivity (Wildman–Crippen MR) is 124 cm³/mol. The molecule has 0 N–H and O–H groups in total. The number of nitrogens with zero attached hydrogens (tertiary/aromatic N) is 4. The minimum atomic E-state index is -4.41. The number of piperazine rings is 1. The standard InChI is InChI=1S/C25H29F3N4O3/c26-25(27,28)20-6-7-22(29-18-20)30-13-15-32(16-14-30)24(34)19-8-11-31(12-9-19)23(33)10-17-35-21-4-2-1-3-5-21/h1-7,18-19H,8-17H2. The maximum atomic E-state index is 13.0. The number of amides is 2. The quantitative estimate of drug-likeness (QED) is 0.621. The van der Waals surface area contributed by atoms with Crippen molar-refractivity contribution in [3.63, 3.8) is 0 Å².